The van der Waals surface area contributed by atoms with Crippen molar-refractivity contribution in [2.24, 2.45) is 0 Å². The van der Waals surface area contributed by atoms with Crippen LogP contribution in [0.4, 0.5) is 5.69 Å². The van der Waals surface area contributed by atoms with Gasteiger partial charge in [0.05, 0.1) is 6.54 Å². The van der Waals surface area contributed by atoms with Crippen LogP contribution < -0.4 is 10.6 Å². The van der Waals surface area contributed by atoms with Crippen molar-refractivity contribution in [3.8, 4) is 0 Å². The highest BCUT2D eigenvalue weighted by molar-refractivity contribution is 5.92. The van der Waals surface area contributed by atoms with E-state index in [9.17, 15) is 4.79 Å². The third-order valence-electron chi connectivity index (χ3n) is 3.47. The average molecular weight is 284 g/mol. The number of nitrogens with zero attached hydrogens (tertiary/aromatic N) is 1. The van der Waals surface area contributed by atoms with Crippen LogP contribution in [0.5, 0.6) is 0 Å². The summed E-state index contributed by atoms with van der Waals surface area (Å²) in [5.74, 6) is 0.0704. The van der Waals surface area contributed by atoms with Gasteiger partial charge in [-0.05, 0) is 32.0 Å². The molecule has 1 unspecified atom stereocenters. The zero-order chi connectivity index (χ0) is 13.0. The summed E-state index contributed by atoms with van der Waals surface area (Å²) in [5, 5.41) is 6.22. The van der Waals surface area contributed by atoms with Crippen LogP contribution in [0.2, 0.25) is 0 Å². The van der Waals surface area contributed by atoms with Gasteiger partial charge in [-0.2, -0.15) is 0 Å². The molecule has 1 aliphatic rings. The van der Waals surface area contributed by atoms with Gasteiger partial charge in [0.25, 0.3) is 0 Å². The minimum Gasteiger partial charge on any atom is -0.325 e. The number of rotatable bonds is 4. The van der Waals surface area contributed by atoms with E-state index in [2.05, 4.69) is 15.5 Å². The number of aryl methyl sites for hydroxylation is 1. The van der Waals surface area contributed by atoms with Gasteiger partial charge in [0.1, 0.15) is 0 Å². The van der Waals surface area contributed by atoms with Crippen LogP contribution >= 0.6 is 12.4 Å². The molecule has 1 fully saturated rings. The molecule has 1 aromatic carbocycles. The van der Waals surface area contributed by atoms with Gasteiger partial charge in [-0.3, -0.25) is 9.69 Å². The Labute approximate surface area is 121 Å². The number of carbonyl (C=O) groups is 1. The molecule has 0 saturated carbocycles. The SMILES string of the molecule is CNC1CCN(CC(=O)Nc2ccccc2C)C1.Cl. The number of para-hydroxylation sites is 1. The van der Waals surface area contributed by atoms with Crippen molar-refractivity contribution in [2.45, 2.75) is 19.4 Å². The maximum absolute atomic E-state index is 11.9. The molecule has 1 aliphatic heterocycles. The number of halogens is 1. The first-order valence-corrected chi connectivity index (χ1v) is 6.44. The molecular formula is C14H22ClN3O. The Balaban J connectivity index is 0.00000180. The monoisotopic (exact) mass is 283 g/mol. The summed E-state index contributed by atoms with van der Waals surface area (Å²) in [6.45, 7) is 4.43. The van der Waals surface area contributed by atoms with Crippen molar-refractivity contribution in [3.63, 3.8) is 0 Å². The quantitative estimate of drug-likeness (QED) is 0.883. The fraction of sp³-hybridized carbons (Fsp3) is 0.500. The maximum atomic E-state index is 11.9. The number of amides is 1. The summed E-state index contributed by atoms with van der Waals surface area (Å²) in [5.41, 5.74) is 2.01. The van der Waals surface area contributed by atoms with E-state index in [1.54, 1.807) is 0 Å². The molecule has 2 N–H and O–H groups in total. The van der Waals surface area contributed by atoms with Crippen molar-refractivity contribution in [3.05, 3.63) is 29.8 Å². The van der Waals surface area contributed by atoms with E-state index >= 15 is 0 Å². The largest absolute Gasteiger partial charge is 0.325 e. The molecule has 0 radical (unpaired) electrons. The molecule has 0 bridgehead atoms. The van der Waals surface area contributed by atoms with Gasteiger partial charge >= 0.3 is 0 Å². The van der Waals surface area contributed by atoms with E-state index in [-0.39, 0.29) is 18.3 Å². The van der Waals surface area contributed by atoms with E-state index in [0.29, 0.717) is 12.6 Å². The summed E-state index contributed by atoms with van der Waals surface area (Å²) in [6.07, 6.45) is 1.12. The Morgan fingerprint density at radius 1 is 1.42 bits per heavy atom. The fourth-order valence-electron chi connectivity index (χ4n) is 2.32. The molecule has 1 aromatic rings. The molecule has 1 heterocycles. The Bertz CT molecular complexity index is 425. The number of benzene rings is 1. The Morgan fingerprint density at radius 2 is 2.16 bits per heavy atom. The van der Waals surface area contributed by atoms with Crippen molar-refractivity contribution in [2.75, 3.05) is 32.0 Å². The van der Waals surface area contributed by atoms with Gasteiger partial charge in [0.15, 0.2) is 0 Å². The normalized spacial score (nSPS) is 18.9. The average Bonchev–Trinajstić information content (AvgIpc) is 2.80. The summed E-state index contributed by atoms with van der Waals surface area (Å²) in [6, 6.07) is 8.38. The van der Waals surface area contributed by atoms with Gasteiger partial charge in [0.2, 0.25) is 5.91 Å². The van der Waals surface area contributed by atoms with Crippen molar-refractivity contribution in [1.29, 1.82) is 0 Å². The number of nitrogens with one attached hydrogen (secondary N) is 2. The fourth-order valence-corrected chi connectivity index (χ4v) is 2.32. The van der Waals surface area contributed by atoms with E-state index in [1.165, 1.54) is 0 Å². The summed E-state index contributed by atoms with van der Waals surface area (Å²) in [4.78, 5) is 14.1. The van der Waals surface area contributed by atoms with Crippen molar-refractivity contribution in [1.82, 2.24) is 10.2 Å². The van der Waals surface area contributed by atoms with Crippen LogP contribution in [0.3, 0.4) is 0 Å². The minimum absolute atomic E-state index is 0. The highest BCUT2D eigenvalue weighted by Gasteiger charge is 2.22. The highest BCUT2D eigenvalue weighted by atomic mass is 35.5. The molecule has 19 heavy (non-hydrogen) atoms. The number of hydrogen-bond acceptors (Lipinski definition) is 3. The number of likely N-dealkylation sites (tertiary alicyclic amines) is 1. The Morgan fingerprint density at radius 3 is 2.79 bits per heavy atom. The predicted molar refractivity (Wildman–Crippen MR) is 81.0 cm³/mol. The zero-order valence-electron chi connectivity index (χ0n) is 11.5. The highest BCUT2D eigenvalue weighted by Crippen LogP contribution is 2.14. The smallest absolute Gasteiger partial charge is 0.238 e. The standard InChI is InChI=1S/C14H21N3O.ClH/c1-11-5-3-4-6-13(11)16-14(18)10-17-8-7-12(9-17)15-2;/h3-6,12,15H,7-10H2,1-2H3,(H,16,18);1H. The first-order valence-electron chi connectivity index (χ1n) is 6.44. The first kappa shape index (κ1) is 16.0. The summed E-state index contributed by atoms with van der Waals surface area (Å²) in [7, 11) is 1.97. The summed E-state index contributed by atoms with van der Waals surface area (Å²) >= 11 is 0. The first-order chi connectivity index (χ1) is 8.69. The predicted octanol–water partition coefficient (Wildman–Crippen LogP) is 1.65. The second-order valence-corrected chi connectivity index (χ2v) is 4.87. The Hall–Kier alpha value is -1.10. The van der Waals surface area contributed by atoms with Gasteiger partial charge in [0, 0.05) is 24.8 Å². The van der Waals surface area contributed by atoms with Gasteiger partial charge in [-0.25, -0.2) is 0 Å². The summed E-state index contributed by atoms with van der Waals surface area (Å²) < 4.78 is 0. The van der Waals surface area contributed by atoms with Crippen molar-refractivity contribution < 1.29 is 4.79 Å². The topological polar surface area (TPSA) is 44.4 Å². The lowest BCUT2D eigenvalue weighted by atomic mass is 10.2. The molecule has 0 aliphatic carbocycles. The van der Waals surface area contributed by atoms with Crippen LogP contribution in [0.25, 0.3) is 0 Å². The molecule has 1 atom stereocenters. The number of hydrogen-bond donors (Lipinski definition) is 2. The van der Waals surface area contributed by atoms with Gasteiger partial charge in [-0.1, -0.05) is 18.2 Å². The lowest BCUT2D eigenvalue weighted by molar-refractivity contribution is -0.117. The van der Waals surface area contributed by atoms with Crippen LogP contribution in [0.15, 0.2) is 24.3 Å². The lowest BCUT2D eigenvalue weighted by Gasteiger charge is -2.16. The van der Waals surface area contributed by atoms with Gasteiger partial charge in [-0.15, -0.1) is 12.4 Å². The van der Waals surface area contributed by atoms with Crippen LogP contribution in [0, 0.1) is 6.92 Å². The van der Waals surface area contributed by atoms with Gasteiger partial charge < -0.3 is 10.6 Å². The zero-order valence-corrected chi connectivity index (χ0v) is 12.3. The second-order valence-electron chi connectivity index (χ2n) is 4.87. The van der Waals surface area contributed by atoms with E-state index < -0.39 is 0 Å². The molecule has 0 aromatic heterocycles. The molecule has 0 spiro atoms. The second kappa shape index (κ2) is 7.48. The number of likely N-dealkylation sites (N-methyl/N-ethyl adjacent to an activating group) is 1. The molecule has 5 heteroatoms. The number of carbonyl (C=O) groups excluding carboxylic acids is 1. The lowest BCUT2D eigenvalue weighted by Crippen LogP contribution is -2.34. The van der Waals surface area contributed by atoms with Crippen LogP contribution in [-0.4, -0.2) is 43.5 Å². The number of anilines is 1. The van der Waals surface area contributed by atoms with E-state index in [0.717, 1.165) is 30.8 Å². The molecule has 1 saturated heterocycles. The molecule has 106 valence electrons. The van der Waals surface area contributed by atoms with Crippen LogP contribution in [-0.2, 0) is 4.79 Å². The molecule has 1 amide bonds. The third-order valence-corrected chi connectivity index (χ3v) is 3.47. The van der Waals surface area contributed by atoms with E-state index in [4.69, 9.17) is 0 Å². The minimum atomic E-state index is 0. The molecular weight excluding hydrogens is 262 g/mol. The molecule has 4 nitrogen and oxygen atoms in total. The van der Waals surface area contributed by atoms with Crippen LogP contribution in [0.1, 0.15) is 12.0 Å². The van der Waals surface area contributed by atoms with E-state index in [1.807, 2.05) is 38.2 Å². The molecule has 2 rings (SSSR count). The van der Waals surface area contributed by atoms with Crippen molar-refractivity contribution >= 4 is 24.0 Å². The Kier molecular flexibility index (Phi) is 6.28. The maximum Gasteiger partial charge on any atom is 0.238 e. The third kappa shape index (κ3) is 4.49.